The molecule has 0 spiro atoms. The highest BCUT2D eigenvalue weighted by atomic mass is 16.6. The Morgan fingerprint density at radius 1 is 0.828 bits per heavy atom. The van der Waals surface area contributed by atoms with Crippen LogP contribution in [0.5, 0.6) is 5.75 Å². The molecule has 1 aromatic heterocycles. The monoisotopic (exact) mass is 770 g/mol. The largest absolute Gasteiger partial charge is 0.482 e. The fourth-order valence-electron chi connectivity index (χ4n) is 9.37. The van der Waals surface area contributed by atoms with Crippen molar-refractivity contribution in [3.63, 3.8) is 0 Å². The third-order valence-electron chi connectivity index (χ3n) is 12.4. The van der Waals surface area contributed by atoms with Crippen LogP contribution in [0.2, 0.25) is 0 Å². The van der Waals surface area contributed by atoms with Crippen molar-refractivity contribution in [3.8, 4) is 17.6 Å². The van der Waals surface area contributed by atoms with Gasteiger partial charge in [0.05, 0.1) is 12.0 Å². The number of rotatable bonds is 3. The van der Waals surface area contributed by atoms with E-state index in [0.29, 0.717) is 41.5 Å². The highest BCUT2D eigenvalue weighted by Crippen LogP contribution is 2.49. The van der Waals surface area contributed by atoms with E-state index < -0.39 is 35.4 Å². The molecule has 0 N–H and O–H groups in total. The smallest absolute Gasteiger partial charge is 0.336 e. The molecular formula is C51H46O7. The molecular weight excluding hydrogens is 725 g/mol. The Morgan fingerprint density at radius 3 is 2.50 bits per heavy atom. The number of hydrogen-bond acceptors (Lipinski definition) is 7. The zero-order valence-electron chi connectivity index (χ0n) is 33.1. The minimum Gasteiger partial charge on any atom is -0.482 e. The molecule has 7 nitrogen and oxygen atoms in total. The summed E-state index contributed by atoms with van der Waals surface area (Å²) in [5, 5.41) is 0.628. The topological polar surface area (TPSA) is 92.0 Å². The maximum atomic E-state index is 14.7. The normalized spacial score (nSPS) is 25.2. The number of allylic oxidation sites excluding steroid dienone is 3. The summed E-state index contributed by atoms with van der Waals surface area (Å²) in [4.78, 5) is 41.8. The molecule has 4 heterocycles. The van der Waals surface area contributed by atoms with Gasteiger partial charge in [-0.25, -0.2) is 9.59 Å². The van der Waals surface area contributed by atoms with Gasteiger partial charge in [0.25, 0.3) is 0 Å². The average Bonchev–Trinajstić information content (AvgIpc) is 3.20. The van der Waals surface area contributed by atoms with Gasteiger partial charge in [0.2, 0.25) is 0 Å². The van der Waals surface area contributed by atoms with Crippen LogP contribution < -0.4 is 10.4 Å². The van der Waals surface area contributed by atoms with E-state index in [1.807, 2.05) is 32.9 Å². The van der Waals surface area contributed by atoms with E-state index in [1.54, 1.807) is 12.1 Å². The van der Waals surface area contributed by atoms with Gasteiger partial charge in [0.15, 0.2) is 17.8 Å². The first kappa shape index (κ1) is 37.4. The number of benzene rings is 4. The van der Waals surface area contributed by atoms with Crippen molar-refractivity contribution in [2.24, 2.45) is 5.92 Å². The van der Waals surface area contributed by atoms with E-state index in [1.165, 1.54) is 22.8 Å². The Kier molecular flexibility index (Phi) is 9.89. The lowest BCUT2D eigenvalue weighted by Crippen LogP contribution is -2.54. The van der Waals surface area contributed by atoms with Crippen molar-refractivity contribution < 1.29 is 28.2 Å². The SMILES string of the molecule is CC(C)=C1CCc2ccc3c(c2)CC#CCC2(C)Oc4ccc5ccc(=O)oc5c4C(OC(=O)CC4CC(c5cccc(Cc6ccccc6)c5)C=CC34)C2OC1=O. The van der Waals surface area contributed by atoms with Crippen LogP contribution in [0.1, 0.15) is 103 Å². The predicted molar refractivity (Wildman–Crippen MR) is 222 cm³/mol. The summed E-state index contributed by atoms with van der Waals surface area (Å²) >= 11 is 0. The van der Waals surface area contributed by atoms with Gasteiger partial charge >= 0.3 is 17.6 Å². The van der Waals surface area contributed by atoms with Crippen molar-refractivity contribution in [2.45, 2.75) is 95.4 Å². The van der Waals surface area contributed by atoms with E-state index >= 15 is 0 Å². The lowest BCUT2D eigenvalue weighted by atomic mass is 9.71. The average molecular weight is 771 g/mol. The molecule has 1 aliphatic carbocycles. The second-order valence-electron chi connectivity index (χ2n) is 16.6. The molecule has 4 aromatic carbocycles. The van der Waals surface area contributed by atoms with Crippen molar-refractivity contribution >= 4 is 22.9 Å². The molecule has 0 saturated carbocycles. The molecule has 0 fully saturated rings. The lowest BCUT2D eigenvalue weighted by Gasteiger charge is -2.44. The fraction of sp³-hybridized carbons (Fsp3) is 0.314. The predicted octanol–water partition coefficient (Wildman–Crippen LogP) is 9.80. The van der Waals surface area contributed by atoms with Gasteiger partial charge in [-0.15, -0.1) is 0 Å². The number of ether oxygens (including phenoxy) is 3. The molecule has 5 aromatic rings. The molecule has 0 radical (unpaired) electrons. The Hall–Kier alpha value is -6.13. The summed E-state index contributed by atoms with van der Waals surface area (Å²) < 4.78 is 25.7. The van der Waals surface area contributed by atoms with Crippen LogP contribution in [0, 0.1) is 17.8 Å². The van der Waals surface area contributed by atoms with E-state index in [9.17, 15) is 14.4 Å². The minimum absolute atomic E-state index is 0.0638. The first-order chi connectivity index (χ1) is 28.1. The summed E-state index contributed by atoms with van der Waals surface area (Å²) in [6.45, 7) is 5.66. The molecule has 3 aliphatic heterocycles. The van der Waals surface area contributed by atoms with E-state index in [4.69, 9.17) is 18.6 Å². The summed E-state index contributed by atoms with van der Waals surface area (Å²) in [7, 11) is 0. The first-order valence-electron chi connectivity index (χ1n) is 20.3. The molecule has 292 valence electrons. The van der Waals surface area contributed by atoms with Gasteiger partial charge in [-0.05, 0) is 104 Å². The quantitative estimate of drug-likeness (QED) is 0.0593. The zero-order valence-corrected chi connectivity index (χ0v) is 33.1. The van der Waals surface area contributed by atoms with Crippen LogP contribution in [0.15, 0.2) is 130 Å². The highest BCUT2D eigenvalue weighted by Gasteiger charge is 2.53. The highest BCUT2D eigenvalue weighted by molar-refractivity contribution is 5.90. The number of aryl methyl sites for hydroxylation is 1. The van der Waals surface area contributed by atoms with Gasteiger partial charge < -0.3 is 18.6 Å². The number of hydrogen-bond donors (Lipinski definition) is 0. The van der Waals surface area contributed by atoms with Crippen molar-refractivity contribution in [1.82, 2.24) is 0 Å². The molecule has 9 rings (SSSR count). The summed E-state index contributed by atoms with van der Waals surface area (Å²) in [6, 6.07) is 32.4. The summed E-state index contributed by atoms with van der Waals surface area (Å²) in [5.74, 6) is 6.16. The number of carbonyl (C=O) groups is 2. The molecule has 0 saturated heterocycles. The standard InChI is InChI=1S/C51H46O7/c1-31(2)40-20-15-33-16-21-41-38(27-33)13-7-8-25-51(3)49(57-50(40)54)48(46-43(58-51)23-18-35-19-24-44(52)55-47(35)46)56-45(53)30-39-29-37(17-22-42(39)41)36-14-9-12-34(28-36)26-32-10-5-4-6-11-32/h4-6,9-12,14,16-19,21-24,27-28,37,39,42,48-49H,13,15,20,25-26,29-30H2,1-3H3. The van der Waals surface area contributed by atoms with E-state index in [-0.39, 0.29) is 36.2 Å². The van der Waals surface area contributed by atoms with Crippen LogP contribution in [0.3, 0.4) is 0 Å². The lowest BCUT2D eigenvalue weighted by molar-refractivity contribution is -0.190. The van der Waals surface area contributed by atoms with Gasteiger partial charge in [0, 0.05) is 41.7 Å². The number of esters is 2. The molecule has 6 atom stereocenters. The Bertz CT molecular complexity index is 2620. The van der Waals surface area contributed by atoms with E-state index in [0.717, 1.165) is 35.1 Å². The molecule has 4 aliphatic rings. The summed E-state index contributed by atoms with van der Waals surface area (Å²) in [5.41, 5.74) is 7.28. The fourth-order valence-corrected chi connectivity index (χ4v) is 9.37. The maximum absolute atomic E-state index is 14.7. The van der Waals surface area contributed by atoms with Crippen LogP contribution in [-0.4, -0.2) is 23.6 Å². The molecule has 7 heteroatoms. The minimum atomic E-state index is -1.22. The third kappa shape index (κ3) is 7.28. The van der Waals surface area contributed by atoms with Gasteiger partial charge in [0.1, 0.15) is 11.3 Å². The van der Waals surface area contributed by atoms with Gasteiger partial charge in [-0.3, -0.25) is 4.79 Å². The second kappa shape index (κ2) is 15.3. The zero-order chi connectivity index (χ0) is 40.0. The summed E-state index contributed by atoms with van der Waals surface area (Å²) in [6.07, 6.45) is 5.80. The number of fused-ring (bicyclic) bond motifs is 9. The van der Waals surface area contributed by atoms with Crippen molar-refractivity contribution in [3.05, 3.63) is 170 Å². The third-order valence-corrected chi connectivity index (χ3v) is 12.4. The van der Waals surface area contributed by atoms with Gasteiger partial charge in [-0.1, -0.05) is 102 Å². The molecule has 6 unspecified atom stereocenters. The van der Waals surface area contributed by atoms with Crippen LogP contribution in [-0.2, 0) is 38.3 Å². The Balaban J connectivity index is 1.19. The molecule has 58 heavy (non-hydrogen) atoms. The van der Waals surface area contributed by atoms with Crippen LogP contribution in [0.25, 0.3) is 11.0 Å². The Morgan fingerprint density at radius 2 is 1.66 bits per heavy atom. The van der Waals surface area contributed by atoms with Crippen LogP contribution in [0.4, 0.5) is 0 Å². The van der Waals surface area contributed by atoms with Crippen molar-refractivity contribution in [1.29, 1.82) is 0 Å². The number of carbonyl (C=O) groups excluding carboxylic acids is 2. The van der Waals surface area contributed by atoms with Crippen LogP contribution >= 0.6 is 0 Å². The second-order valence-corrected chi connectivity index (χ2v) is 16.6. The molecule has 0 amide bonds. The van der Waals surface area contributed by atoms with E-state index in [2.05, 4.69) is 90.7 Å². The van der Waals surface area contributed by atoms with Gasteiger partial charge in [-0.2, -0.15) is 0 Å². The van der Waals surface area contributed by atoms with Crippen molar-refractivity contribution in [2.75, 3.05) is 0 Å². The molecule has 5 bridgehead atoms. The first-order valence-corrected chi connectivity index (χ1v) is 20.3. The Labute approximate surface area is 338 Å². The maximum Gasteiger partial charge on any atom is 0.336 e.